The molecular weight excluding hydrogens is 440 g/mol. The molecule has 0 saturated carbocycles. The Morgan fingerprint density at radius 1 is 0.971 bits per heavy atom. The van der Waals surface area contributed by atoms with Gasteiger partial charge in [-0.05, 0) is 74.1 Å². The number of amides is 1. The standard InChI is InChI=1S/C29H36N2O4/c1-29(2,31-19-27(34)23-13-14-26(33)25(17-23)20-32)18-22-10-6-12-24(16-22)28(35)30-15-7-11-21-8-4-3-5-9-21/h3-6,8-10,12-14,16-17,27,31-34H,7,11,15,18-20H2,1-2H3,(H,30,35)/t27-/m1/s1. The van der Waals surface area contributed by atoms with E-state index in [1.54, 1.807) is 12.1 Å². The summed E-state index contributed by atoms with van der Waals surface area (Å²) in [6.45, 7) is 4.74. The van der Waals surface area contributed by atoms with E-state index in [1.165, 1.54) is 11.6 Å². The van der Waals surface area contributed by atoms with E-state index >= 15 is 0 Å². The minimum atomic E-state index is -0.784. The van der Waals surface area contributed by atoms with Crippen molar-refractivity contribution in [1.29, 1.82) is 0 Å². The average molecular weight is 477 g/mol. The van der Waals surface area contributed by atoms with Gasteiger partial charge in [-0.25, -0.2) is 0 Å². The number of aryl methyl sites for hydroxylation is 1. The molecule has 0 heterocycles. The molecule has 1 amide bonds. The van der Waals surface area contributed by atoms with E-state index in [0.717, 1.165) is 18.4 Å². The zero-order valence-corrected chi connectivity index (χ0v) is 20.5. The Labute approximate surface area is 207 Å². The number of hydrogen-bond acceptors (Lipinski definition) is 5. The zero-order valence-electron chi connectivity index (χ0n) is 20.5. The molecule has 0 aromatic heterocycles. The van der Waals surface area contributed by atoms with Crippen LogP contribution in [-0.2, 0) is 19.4 Å². The average Bonchev–Trinajstić information content (AvgIpc) is 2.86. The van der Waals surface area contributed by atoms with Gasteiger partial charge in [-0.3, -0.25) is 4.79 Å². The van der Waals surface area contributed by atoms with Crippen LogP contribution in [0.5, 0.6) is 5.75 Å². The van der Waals surface area contributed by atoms with Crippen molar-refractivity contribution in [3.05, 3.63) is 101 Å². The third-order valence-electron chi connectivity index (χ3n) is 6.04. The maximum atomic E-state index is 12.6. The minimum Gasteiger partial charge on any atom is -0.508 e. The van der Waals surface area contributed by atoms with Crippen LogP contribution < -0.4 is 10.6 Å². The van der Waals surface area contributed by atoms with E-state index in [0.29, 0.717) is 36.2 Å². The van der Waals surface area contributed by atoms with Gasteiger partial charge >= 0.3 is 0 Å². The molecule has 35 heavy (non-hydrogen) atoms. The summed E-state index contributed by atoms with van der Waals surface area (Å²) in [6, 6.07) is 22.6. The molecular formula is C29H36N2O4. The molecule has 0 aliphatic heterocycles. The highest BCUT2D eigenvalue weighted by Gasteiger charge is 2.21. The SMILES string of the molecule is CC(C)(Cc1cccc(C(=O)NCCCc2ccccc2)c1)NC[C@@H](O)c1ccc(O)c(CO)c1. The summed E-state index contributed by atoms with van der Waals surface area (Å²) in [5.74, 6) is -0.0648. The van der Waals surface area contributed by atoms with Gasteiger partial charge in [0.1, 0.15) is 5.75 Å². The van der Waals surface area contributed by atoms with E-state index in [1.807, 2.05) is 56.3 Å². The highest BCUT2D eigenvalue weighted by molar-refractivity contribution is 5.94. The van der Waals surface area contributed by atoms with Crippen molar-refractivity contribution in [1.82, 2.24) is 10.6 Å². The van der Waals surface area contributed by atoms with E-state index < -0.39 is 6.10 Å². The van der Waals surface area contributed by atoms with Crippen LogP contribution in [0.3, 0.4) is 0 Å². The first kappa shape index (κ1) is 26.4. The summed E-state index contributed by atoms with van der Waals surface area (Å²) in [7, 11) is 0. The molecule has 0 aliphatic carbocycles. The van der Waals surface area contributed by atoms with Gasteiger partial charge in [-0.15, -0.1) is 0 Å². The second-order valence-corrected chi connectivity index (χ2v) is 9.55. The smallest absolute Gasteiger partial charge is 0.251 e. The van der Waals surface area contributed by atoms with Crippen LogP contribution in [0.25, 0.3) is 0 Å². The van der Waals surface area contributed by atoms with Gasteiger partial charge in [0.05, 0.1) is 12.7 Å². The molecule has 0 bridgehead atoms. The lowest BCUT2D eigenvalue weighted by molar-refractivity contribution is 0.0953. The maximum Gasteiger partial charge on any atom is 0.251 e. The number of β-amino-alcohol motifs (C(OH)–C–C–N with tert-alkyl or cyclic N) is 1. The Balaban J connectivity index is 1.50. The van der Waals surface area contributed by atoms with Gasteiger partial charge in [-0.1, -0.05) is 48.5 Å². The fraction of sp³-hybridized carbons (Fsp3) is 0.345. The number of aliphatic hydroxyl groups excluding tert-OH is 2. The number of nitrogens with one attached hydrogen (secondary N) is 2. The summed E-state index contributed by atoms with van der Waals surface area (Å²) < 4.78 is 0. The molecule has 6 heteroatoms. The van der Waals surface area contributed by atoms with Gasteiger partial charge < -0.3 is 26.0 Å². The number of aliphatic hydroxyl groups is 2. The van der Waals surface area contributed by atoms with E-state index in [9.17, 15) is 20.1 Å². The van der Waals surface area contributed by atoms with Gasteiger partial charge in [0, 0.05) is 29.8 Å². The topological polar surface area (TPSA) is 102 Å². The van der Waals surface area contributed by atoms with E-state index in [2.05, 4.69) is 22.8 Å². The summed E-state index contributed by atoms with van der Waals surface area (Å²) in [5.41, 5.74) is 3.61. The highest BCUT2D eigenvalue weighted by Crippen LogP contribution is 2.23. The van der Waals surface area contributed by atoms with E-state index in [4.69, 9.17) is 0 Å². The van der Waals surface area contributed by atoms with Crippen molar-refractivity contribution >= 4 is 5.91 Å². The van der Waals surface area contributed by atoms with Crippen LogP contribution in [0.1, 0.15) is 59.0 Å². The minimum absolute atomic E-state index is 0.0110. The third-order valence-corrected chi connectivity index (χ3v) is 6.04. The van der Waals surface area contributed by atoms with Gasteiger partial charge in [0.2, 0.25) is 0 Å². The second kappa shape index (κ2) is 12.5. The normalized spacial score (nSPS) is 12.3. The van der Waals surface area contributed by atoms with Crippen LogP contribution in [-0.4, -0.2) is 39.9 Å². The number of carbonyl (C=O) groups excluding carboxylic acids is 1. The molecule has 3 rings (SSSR count). The molecule has 0 radical (unpaired) electrons. The number of rotatable bonds is 12. The monoisotopic (exact) mass is 476 g/mol. The Kier molecular flexibility index (Phi) is 9.43. The predicted octanol–water partition coefficient (Wildman–Crippen LogP) is 3.89. The van der Waals surface area contributed by atoms with Crippen molar-refractivity contribution in [2.24, 2.45) is 0 Å². The van der Waals surface area contributed by atoms with Gasteiger partial charge in [0.25, 0.3) is 5.91 Å². The molecule has 5 N–H and O–H groups in total. The predicted molar refractivity (Wildman–Crippen MR) is 138 cm³/mol. The summed E-state index contributed by atoms with van der Waals surface area (Å²) >= 11 is 0. The first-order chi connectivity index (χ1) is 16.8. The Hall–Kier alpha value is -3.19. The lowest BCUT2D eigenvalue weighted by atomic mass is 9.93. The number of phenols is 1. The first-order valence-corrected chi connectivity index (χ1v) is 12.0. The van der Waals surface area contributed by atoms with Crippen LogP contribution in [0.4, 0.5) is 0 Å². The summed E-state index contributed by atoms with van der Waals surface area (Å²) in [5, 5.41) is 36.0. The van der Waals surface area contributed by atoms with Gasteiger partial charge in [-0.2, -0.15) is 0 Å². The second-order valence-electron chi connectivity index (χ2n) is 9.55. The Bertz CT molecular complexity index is 1100. The molecule has 0 fully saturated rings. The molecule has 0 aliphatic rings. The Morgan fingerprint density at radius 2 is 1.71 bits per heavy atom. The number of hydrogen-bond donors (Lipinski definition) is 5. The van der Waals surface area contributed by atoms with Crippen LogP contribution >= 0.6 is 0 Å². The summed E-state index contributed by atoms with van der Waals surface area (Å²) in [6.07, 6.45) is 1.70. The van der Waals surface area contributed by atoms with Crippen molar-refractivity contribution in [3.63, 3.8) is 0 Å². The molecule has 6 nitrogen and oxygen atoms in total. The van der Waals surface area contributed by atoms with Crippen LogP contribution in [0.15, 0.2) is 72.8 Å². The number of carbonyl (C=O) groups is 1. The van der Waals surface area contributed by atoms with Crippen LogP contribution in [0.2, 0.25) is 0 Å². The molecule has 0 unspecified atom stereocenters. The van der Waals surface area contributed by atoms with Crippen molar-refractivity contribution in [2.45, 2.75) is 51.4 Å². The molecule has 0 saturated heterocycles. The fourth-order valence-corrected chi connectivity index (χ4v) is 4.07. The third kappa shape index (κ3) is 8.21. The van der Waals surface area contributed by atoms with Crippen molar-refractivity contribution in [3.8, 4) is 5.75 Å². The number of benzene rings is 3. The molecule has 0 spiro atoms. The molecule has 3 aromatic carbocycles. The zero-order chi connectivity index (χ0) is 25.3. The summed E-state index contributed by atoms with van der Waals surface area (Å²) in [4.78, 5) is 12.6. The number of aromatic hydroxyl groups is 1. The maximum absolute atomic E-state index is 12.6. The molecule has 3 aromatic rings. The van der Waals surface area contributed by atoms with E-state index in [-0.39, 0.29) is 23.8 Å². The lowest BCUT2D eigenvalue weighted by Gasteiger charge is -2.28. The Morgan fingerprint density at radius 3 is 2.46 bits per heavy atom. The quantitative estimate of drug-likeness (QED) is 0.255. The van der Waals surface area contributed by atoms with Gasteiger partial charge in [0.15, 0.2) is 0 Å². The van der Waals surface area contributed by atoms with Crippen LogP contribution in [0, 0.1) is 0 Å². The largest absolute Gasteiger partial charge is 0.508 e. The fourth-order valence-electron chi connectivity index (χ4n) is 4.07. The van der Waals surface area contributed by atoms with Crippen molar-refractivity contribution in [2.75, 3.05) is 13.1 Å². The lowest BCUT2D eigenvalue weighted by Crippen LogP contribution is -2.43. The molecule has 186 valence electrons. The highest BCUT2D eigenvalue weighted by atomic mass is 16.3. The molecule has 1 atom stereocenters. The first-order valence-electron chi connectivity index (χ1n) is 12.0. The van der Waals surface area contributed by atoms with Crippen molar-refractivity contribution < 1.29 is 20.1 Å².